The molecular formula is C16H12Cl3F3N2O. The van der Waals surface area contributed by atoms with Crippen molar-refractivity contribution in [2.45, 2.75) is 16.1 Å². The summed E-state index contributed by atoms with van der Waals surface area (Å²) in [6.07, 6.45) is -6.00. The zero-order valence-electron chi connectivity index (χ0n) is 12.4. The topological polar surface area (TPSA) is 41.1 Å². The van der Waals surface area contributed by atoms with Crippen LogP contribution in [0.3, 0.4) is 0 Å². The molecule has 2 aromatic carbocycles. The summed E-state index contributed by atoms with van der Waals surface area (Å²) in [5.41, 5.74) is -0.990. The van der Waals surface area contributed by atoms with E-state index in [1.807, 2.05) is 0 Å². The summed E-state index contributed by atoms with van der Waals surface area (Å²) in [5.74, 6) is -0.603. The highest BCUT2D eigenvalue weighted by Gasteiger charge is 2.38. The molecular weight excluding hydrogens is 400 g/mol. The molecule has 134 valence electrons. The van der Waals surface area contributed by atoms with E-state index >= 15 is 0 Å². The van der Waals surface area contributed by atoms with Crippen molar-refractivity contribution in [3.8, 4) is 0 Å². The van der Waals surface area contributed by atoms with Crippen LogP contribution in [0.1, 0.15) is 15.9 Å². The van der Waals surface area contributed by atoms with E-state index < -0.39 is 27.6 Å². The van der Waals surface area contributed by atoms with Gasteiger partial charge in [-0.3, -0.25) is 4.79 Å². The van der Waals surface area contributed by atoms with Crippen LogP contribution in [0.5, 0.6) is 0 Å². The number of halogens is 6. The first-order chi connectivity index (χ1) is 11.6. The molecule has 3 nitrogen and oxygen atoms in total. The van der Waals surface area contributed by atoms with Crippen molar-refractivity contribution >= 4 is 46.4 Å². The Morgan fingerprint density at radius 2 is 1.48 bits per heavy atom. The van der Waals surface area contributed by atoms with Crippen molar-refractivity contribution in [2.24, 2.45) is 0 Å². The number of nitrogens with one attached hydrogen (secondary N) is 2. The number of anilines is 1. The van der Waals surface area contributed by atoms with Gasteiger partial charge in [0, 0.05) is 11.3 Å². The fraction of sp³-hybridized carbons (Fsp3) is 0.188. The van der Waals surface area contributed by atoms with Crippen molar-refractivity contribution in [1.29, 1.82) is 0 Å². The Labute approximate surface area is 157 Å². The highest BCUT2D eigenvalue weighted by Crippen LogP contribution is 2.37. The molecule has 0 aliphatic heterocycles. The lowest BCUT2D eigenvalue weighted by Crippen LogP contribution is -2.49. The number of hydrogen-bond donors (Lipinski definition) is 2. The lowest BCUT2D eigenvalue weighted by molar-refractivity contribution is -0.137. The third-order valence-corrected chi connectivity index (χ3v) is 3.83. The SMILES string of the molecule is O=C(N[C@H](Nc1ccccc1C(F)(F)F)C(Cl)(Cl)Cl)c1ccccc1. The molecule has 0 aromatic heterocycles. The smallest absolute Gasteiger partial charge is 0.361 e. The largest absolute Gasteiger partial charge is 0.418 e. The van der Waals surface area contributed by atoms with Crippen LogP contribution in [0.2, 0.25) is 0 Å². The summed E-state index contributed by atoms with van der Waals surface area (Å²) in [6, 6.07) is 12.7. The maximum atomic E-state index is 13.1. The molecule has 0 fully saturated rings. The first kappa shape index (κ1) is 19.7. The Bertz CT molecular complexity index is 733. The van der Waals surface area contributed by atoms with Crippen molar-refractivity contribution < 1.29 is 18.0 Å². The third-order valence-electron chi connectivity index (χ3n) is 3.17. The second-order valence-corrected chi connectivity index (χ2v) is 7.37. The van der Waals surface area contributed by atoms with Crippen molar-refractivity contribution in [1.82, 2.24) is 5.32 Å². The van der Waals surface area contributed by atoms with Crippen molar-refractivity contribution in [2.75, 3.05) is 5.32 Å². The molecule has 0 unspecified atom stereocenters. The molecule has 0 bridgehead atoms. The van der Waals surface area contributed by atoms with Gasteiger partial charge in [0.05, 0.1) is 5.56 Å². The van der Waals surface area contributed by atoms with E-state index in [-0.39, 0.29) is 11.3 Å². The standard InChI is InChI=1S/C16H12Cl3F3N2O/c17-15(18,19)14(24-13(25)10-6-2-1-3-7-10)23-12-9-5-4-8-11(12)16(20,21)22/h1-9,14,23H,(H,24,25)/t14-/m0/s1. The molecule has 9 heteroatoms. The van der Waals surface area contributed by atoms with E-state index in [4.69, 9.17) is 34.8 Å². The van der Waals surface area contributed by atoms with Gasteiger partial charge in [0.2, 0.25) is 3.79 Å². The maximum absolute atomic E-state index is 13.1. The molecule has 0 spiro atoms. The van der Waals surface area contributed by atoms with Gasteiger partial charge in [-0.1, -0.05) is 65.1 Å². The van der Waals surface area contributed by atoms with Crippen LogP contribution in [-0.2, 0) is 6.18 Å². The molecule has 0 radical (unpaired) electrons. The summed E-state index contributed by atoms with van der Waals surface area (Å²) in [5, 5.41) is 4.83. The Morgan fingerprint density at radius 1 is 0.920 bits per heavy atom. The number of carbonyl (C=O) groups is 1. The molecule has 0 aliphatic carbocycles. The van der Waals surface area contributed by atoms with Gasteiger partial charge in [0.15, 0.2) is 0 Å². The van der Waals surface area contributed by atoms with Gasteiger partial charge >= 0.3 is 6.18 Å². The molecule has 0 heterocycles. The van der Waals surface area contributed by atoms with Gasteiger partial charge in [0.1, 0.15) is 6.17 Å². The lowest BCUT2D eigenvalue weighted by Gasteiger charge is -2.28. The Balaban J connectivity index is 2.27. The van der Waals surface area contributed by atoms with Gasteiger partial charge in [0.25, 0.3) is 5.91 Å². The van der Waals surface area contributed by atoms with E-state index in [1.54, 1.807) is 18.2 Å². The number of carbonyl (C=O) groups excluding carboxylic acids is 1. The molecule has 0 aliphatic rings. The van der Waals surface area contributed by atoms with Crippen LogP contribution in [-0.4, -0.2) is 15.9 Å². The van der Waals surface area contributed by atoms with Crippen LogP contribution in [0.4, 0.5) is 18.9 Å². The van der Waals surface area contributed by atoms with Gasteiger partial charge in [-0.15, -0.1) is 0 Å². The first-order valence-corrected chi connectivity index (χ1v) is 8.08. The van der Waals surface area contributed by atoms with Gasteiger partial charge in [-0.05, 0) is 24.3 Å². The van der Waals surface area contributed by atoms with E-state index in [0.29, 0.717) is 0 Å². The average Bonchev–Trinajstić information content (AvgIpc) is 2.53. The molecule has 1 atom stereocenters. The molecule has 2 rings (SSSR count). The van der Waals surface area contributed by atoms with E-state index in [1.165, 1.54) is 30.3 Å². The Kier molecular flexibility index (Phi) is 6.08. The van der Waals surface area contributed by atoms with Crippen LogP contribution in [0, 0.1) is 0 Å². The number of alkyl halides is 6. The Hall–Kier alpha value is -1.63. The van der Waals surface area contributed by atoms with Crippen molar-refractivity contribution in [3.05, 3.63) is 65.7 Å². The minimum atomic E-state index is -4.61. The predicted molar refractivity (Wildman–Crippen MR) is 93.1 cm³/mol. The number of rotatable bonds is 4. The zero-order valence-corrected chi connectivity index (χ0v) is 14.7. The fourth-order valence-corrected chi connectivity index (χ4v) is 2.34. The molecule has 0 saturated heterocycles. The number of benzene rings is 2. The van der Waals surface area contributed by atoms with Crippen LogP contribution >= 0.6 is 34.8 Å². The van der Waals surface area contributed by atoms with Crippen LogP contribution in [0.15, 0.2) is 54.6 Å². The summed E-state index contributed by atoms with van der Waals surface area (Å²) >= 11 is 17.5. The highest BCUT2D eigenvalue weighted by atomic mass is 35.6. The van der Waals surface area contributed by atoms with Gasteiger partial charge in [-0.2, -0.15) is 13.2 Å². The second-order valence-electron chi connectivity index (χ2n) is 5.00. The van der Waals surface area contributed by atoms with Gasteiger partial charge in [-0.25, -0.2) is 0 Å². The number of amides is 1. The van der Waals surface area contributed by atoms with E-state index in [2.05, 4.69) is 10.6 Å². The average molecular weight is 412 g/mol. The quantitative estimate of drug-likeness (QED) is 0.533. The molecule has 25 heavy (non-hydrogen) atoms. The van der Waals surface area contributed by atoms with E-state index in [9.17, 15) is 18.0 Å². The summed E-state index contributed by atoms with van der Waals surface area (Å²) in [6.45, 7) is 0. The second kappa shape index (κ2) is 7.72. The fourth-order valence-electron chi connectivity index (χ4n) is 2.02. The minimum absolute atomic E-state index is 0.271. The Morgan fingerprint density at radius 3 is 2.04 bits per heavy atom. The zero-order chi connectivity index (χ0) is 18.7. The van der Waals surface area contributed by atoms with Crippen molar-refractivity contribution in [3.63, 3.8) is 0 Å². The van der Waals surface area contributed by atoms with Crippen LogP contribution < -0.4 is 10.6 Å². The van der Waals surface area contributed by atoms with Crippen LogP contribution in [0.25, 0.3) is 0 Å². The van der Waals surface area contributed by atoms with Gasteiger partial charge < -0.3 is 10.6 Å². The summed E-state index contributed by atoms with van der Waals surface area (Å²) < 4.78 is 37.2. The molecule has 1 amide bonds. The lowest BCUT2D eigenvalue weighted by atomic mass is 10.1. The maximum Gasteiger partial charge on any atom is 0.418 e. The first-order valence-electron chi connectivity index (χ1n) is 6.94. The predicted octanol–water partition coefficient (Wildman–Crippen LogP) is 5.24. The summed E-state index contributed by atoms with van der Waals surface area (Å²) in [7, 11) is 0. The number of hydrogen-bond acceptors (Lipinski definition) is 2. The third kappa shape index (κ3) is 5.42. The van der Waals surface area contributed by atoms with E-state index in [0.717, 1.165) is 6.07 Å². The normalized spacial score (nSPS) is 13.2. The number of para-hydroxylation sites is 1. The highest BCUT2D eigenvalue weighted by molar-refractivity contribution is 6.68. The minimum Gasteiger partial charge on any atom is -0.361 e. The summed E-state index contributed by atoms with van der Waals surface area (Å²) in [4.78, 5) is 12.2. The molecule has 2 N–H and O–H groups in total. The molecule has 0 saturated carbocycles. The molecule has 2 aromatic rings. The monoisotopic (exact) mass is 410 g/mol.